The number of anilines is 1. The highest BCUT2D eigenvalue weighted by Crippen LogP contribution is 2.23. The summed E-state index contributed by atoms with van der Waals surface area (Å²) in [5.41, 5.74) is 3.26. The first-order valence-corrected chi connectivity index (χ1v) is 10.4. The highest BCUT2D eigenvalue weighted by atomic mass is 16.5. The molecule has 0 saturated carbocycles. The molecule has 2 aromatic carbocycles. The number of carbonyl (C=O) groups is 3. The lowest BCUT2D eigenvalue weighted by Crippen LogP contribution is -2.36. The first-order valence-electron chi connectivity index (χ1n) is 10.4. The quantitative estimate of drug-likeness (QED) is 0.356. The van der Waals surface area contributed by atoms with Crippen molar-refractivity contribution in [2.75, 3.05) is 11.9 Å². The summed E-state index contributed by atoms with van der Waals surface area (Å²) in [4.78, 5) is 37.0. The summed E-state index contributed by atoms with van der Waals surface area (Å²) >= 11 is 0. The minimum Gasteiger partial charge on any atom is -0.462 e. The van der Waals surface area contributed by atoms with Crippen molar-refractivity contribution in [3.8, 4) is 0 Å². The smallest absolute Gasteiger partial charge is 0.338 e. The predicted molar refractivity (Wildman–Crippen MR) is 118 cm³/mol. The second-order valence-corrected chi connectivity index (χ2v) is 7.39. The van der Waals surface area contributed by atoms with Gasteiger partial charge in [0.05, 0.1) is 18.7 Å². The van der Waals surface area contributed by atoms with Gasteiger partial charge < -0.3 is 10.1 Å². The molecule has 7 heteroatoms. The Kier molecular flexibility index (Phi) is 6.53. The van der Waals surface area contributed by atoms with Crippen LogP contribution in [0.15, 0.2) is 42.5 Å². The topological polar surface area (TPSA) is 81.3 Å². The minimum atomic E-state index is -0.547. The van der Waals surface area contributed by atoms with Crippen LogP contribution in [0.25, 0.3) is 11.0 Å². The number of Topliss-reactive ketones (excluding diaryl/α,β-unsaturated/α-hetero) is 1. The Labute approximate surface area is 181 Å². The maximum atomic E-state index is 13.1. The summed E-state index contributed by atoms with van der Waals surface area (Å²) < 4.78 is 9.16. The van der Waals surface area contributed by atoms with Crippen LogP contribution in [0.1, 0.15) is 60.3 Å². The molecule has 1 heterocycles. The highest BCUT2D eigenvalue weighted by molar-refractivity contribution is 5.98. The molecule has 0 fully saturated rings. The lowest BCUT2D eigenvalue weighted by molar-refractivity contribution is -0.675. The van der Waals surface area contributed by atoms with Gasteiger partial charge in [0.15, 0.2) is 22.9 Å². The highest BCUT2D eigenvalue weighted by Gasteiger charge is 2.30. The molecule has 7 nitrogen and oxygen atoms in total. The van der Waals surface area contributed by atoms with E-state index in [1.165, 1.54) is 6.92 Å². The molecule has 0 bridgehead atoms. The van der Waals surface area contributed by atoms with Crippen LogP contribution in [0.3, 0.4) is 0 Å². The van der Waals surface area contributed by atoms with Crippen molar-refractivity contribution in [3.63, 3.8) is 0 Å². The molecular formula is C24H28N3O4+. The van der Waals surface area contributed by atoms with Crippen molar-refractivity contribution in [1.29, 1.82) is 0 Å². The fraction of sp³-hybridized carbons (Fsp3) is 0.333. The molecule has 0 aliphatic heterocycles. The Morgan fingerprint density at radius 2 is 1.84 bits per heavy atom. The Morgan fingerprint density at radius 3 is 2.48 bits per heavy atom. The number of benzene rings is 2. The van der Waals surface area contributed by atoms with E-state index in [0.29, 0.717) is 23.4 Å². The van der Waals surface area contributed by atoms with Gasteiger partial charge in [-0.3, -0.25) is 9.59 Å². The second-order valence-electron chi connectivity index (χ2n) is 7.39. The number of nitrogens with one attached hydrogen (secondary N) is 1. The SMILES string of the molecule is CCOC(=O)c1ccc2c(c1)n([C@@H](C)C(=O)Nc1cccc(C(C)=O)c1)c(C)[n+]2CC. The zero-order chi connectivity index (χ0) is 22.7. The van der Waals surface area contributed by atoms with E-state index >= 15 is 0 Å². The van der Waals surface area contributed by atoms with Gasteiger partial charge in [0.25, 0.3) is 11.7 Å². The fourth-order valence-electron chi connectivity index (χ4n) is 3.83. The van der Waals surface area contributed by atoms with E-state index in [2.05, 4.69) is 9.88 Å². The number of fused-ring (bicyclic) bond motifs is 1. The van der Waals surface area contributed by atoms with Gasteiger partial charge in [0.1, 0.15) is 0 Å². The summed E-state index contributed by atoms with van der Waals surface area (Å²) in [5.74, 6) is 0.229. The number of ketones is 1. The van der Waals surface area contributed by atoms with Gasteiger partial charge in [-0.05, 0) is 52.0 Å². The lowest BCUT2D eigenvalue weighted by atomic mass is 10.1. The standard InChI is InChI=1S/C24H27N3O4/c1-6-26-17(5)27(22-14-19(11-12-21(22)26)24(30)31-7-2)15(3)23(29)25-20-10-8-9-18(13-20)16(4)28/h8-15H,6-7H2,1-5H3/p+1/t15-/m0/s1. The number of carbonyl (C=O) groups excluding carboxylic acids is 3. The van der Waals surface area contributed by atoms with Gasteiger partial charge in [-0.25, -0.2) is 13.9 Å². The number of aryl methyl sites for hydroxylation is 1. The van der Waals surface area contributed by atoms with Crippen LogP contribution >= 0.6 is 0 Å². The van der Waals surface area contributed by atoms with Crippen LogP contribution < -0.4 is 9.88 Å². The lowest BCUT2D eigenvalue weighted by Gasteiger charge is -2.12. The van der Waals surface area contributed by atoms with Crippen LogP contribution in [0, 0.1) is 6.92 Å². The molecule has 0 aliphatic rings. The van der Waals surface area contributed by atoms with Gasteiger partial charge in [-0.15, -0.1) is 0 Å². The number of aromatic nitrogens is 2. The normalized spacial score (nSPS) is 11.9. The third-order valence-corrected chi connectivity index (χ3v) is 5.40. The number of hydrogen-bond donors (Lipinski definition) is 1. The van der Waals surface area contributed by atoms with Crippen molar-refractivity contribution in [3.05, 3.63) is 59.4 Å². The van der Waals surface area contributed by atoms with Gasteiger partial charge in [-0.2, -0.15) is 0 Å². The van der Waals surface area contributed by atoms with Crippen LogP contribution in [-0.4, -0.2) is 28.8 Å². The van der Waals surface area contributed by atoms with E-state index in [-0.39, 0.29) is 11.7 Å². The summed E-state index contributed by atoms with van der Waals surface area (Å²) in [6, 6.07) is 11.7. The van der Waals surface area contributed by atoms with Crippen LogP contribution in [0.5, 0.6) is 0 Å². The monoisotopic (exact) mass is 422 g/mol. The van der Waals surface area contributed by atoms with E-state index in [4.69, 9.17) is 4.74 Å². The molecule has 3 aromatic rings. The van der Waals surface area contributed by atoms with E-state index in [1.54, 1.807) is 43.3 Å². The zero-order valence-electron chi connectivity index (χ0n) is 18.6. The van der Waals surface area contributed by atoms with Crippen LogP contribution in [0.4, 0.5) is 5.69 Å². The minimum absolute atomic E-state index is 0.0631. The zero-order valence-corrected chi connectivity index (χ0v) is 18.6. The number of imidazole rings is 1. The molecule has 162 valence electrons. The molecule has 1 atom stereocenters. The molecule has 3 rings (SSSR count). The first-order chi connectivity index (χ1) is 14.8. The van der Waals surface area contributed by atoms with E-state index in [1.807, 2.05) is 31.4 Å². The molecule has 1 amide bonds. The Bertz CT molecular complexity index is 1160. The summed E-state index contributed by atoms with van der Waals surface area (Å²) in [7, 11) is 0. The molecule has 0 spiro atoms. The predicted octanol–water partition coefficient (Wildman–Crippen LogP) is 3.84. The maximum absolute atomic E-state index is 13.1. The second kappa shape index (κ2) is 9.12. The molecule has 1 aromatic heterocycles. The van der Waals surface area contributed by atoms with Gasteiger partial charge in [-0.1, -0.05) is 12.1 Å². The number of nitrogens with zero attached hydrogens (tertiary/aromatic N) is 2. The average Bonchev–Trinajstić information content (AvgIpc) is 3.03. The van der Waals surface area contributed by atoms with E-state index in [9.17, 15) is 14.4 Å². The molecule has 0 unspecified atom stereocenters. The summed E-state index contributed by atoms with van der Waals surface area (Å²) in [6.07, 6.45) is 0. The van der Waals surface area contributed by atoms with Gasteiger partial charge in [0, 0.05) is 24.2 Å². The summed E-state index contributed by atoms with van der Waals surface area (Å²) in [6.45, 7) is 10.1. The largest absolute Gasteiger partial charge is 0.462 e. The number of esters is 1. The fourth-order valence-corrected chi connectivity index (χ4v) is 3.83. The average molecular weight is 423 g/mol. The van der Waals surface area contributed by atoms with Gasteiger partial charge >= 0.3 is 5.97 Å². The number of rotatable bonds is 7. The van der Waals surface area contributed by atoms with Crippen molar-refractivity contribution >= 4 is 34.4 Å². The summed E-state index contributed by atoms with van der Waals surface area (Å²) in [5, 5.41) is 2.90. The third kappa shape index (κ3) is 4.35. The molecule has 0 saturated heterocycles. The Balaban J connectivity index is 2.01. The van der Waals surface area contributed by atoms with E-state index in [0.717, 1.165) is 23.4 Å². The maximum Gasteiger partial charge on any atom is 0.338 e. The van der Waals surface area contributed by atoms with Crippen molar-refractivity contribution in [1.82, 2.24) is 4.57 Å². The molecule has 0 aliphatic carbocycles. The Hall–Kier alpha value is -3.48. The van der Waals surface area contributed by atoms with E-state index < -0.39 is 12.0 Å². The molecule has 1 N–H and O–H groups in total. The number of hydrogen-bond acceptors (Lipinski definition) is 4. The van der Waals surface area contributed by atoms with Crippen molar-refractivity contribution < 1.29 is 23.7 Å². The number of ether oxygens (including phenoxy) is 1. The van der Waals surface area contributed by atoms with Crippen LogP contribution in [-0.2, 0) is 16.1 Å². The molecule has 0 radical (unpaired) electrons. The van der Waals surface area contributed by atoms with Crippen LogP contribution in [0.2, 0.25) is 0 Å². The molecular weight excluding hydrogens is 394 g/mol. The van der Waals surface area contributed by atoms with Crippen molar-refractivity contribution in [2.24, 2.45) is 0 Å². The first kappa shape index (κ1) is 22.2. The molecule has 31 heavy (non-hydrogen) atoms. The van der Waals surface area contributed by atoms with Crippen molar-refractivity contribution in [2.45, 2.75) is 47.2 Å². The number of amides is 1. The third-order valence-electron chi connectivity index (χ3n) is 5.40. The van der Waals surface area contributed by atoms with Gasteiger partial charge in [0.2, 0.25) is 0 Å². The Morgan fingerprint density at radius 1 is 1.10 bits per heavy atom.